The van der Waals surface area contributed by atoms with E-state index >= 15 is 0 Å². The average Bonchev–Trinajstić information content (AvgIpc) is 3.21. The summed E-state index contributed by atoms with van der Waals surface area (Å²) in [6, 6.07) is 23.1. The van der Waals surface area contributed by atoms with Crippen molar-refractivity contribution in [1.29, 1.82) is 0 Å². The van der Waals surface area contributed by atoms with Crippen LogP contribution < -0.4 is 9.47 Å². The summed E-state index contributed by atoms with van der Waals surface area (Å²) < 4.78 is 10.7. The first kappa shape index (κ1) is 15.6. The molecule has 4 heteroatoms. The van der Waals surface area contributed by atoms with Crippen molar-refractivity contribution in [2.24, 2.45) is 0 Å². The fourth-order valence-electron chi connectivity index (χ4n) is 3.40. The number of hydrogen-bond acceptors (Lipinski definition) is 4. The van der Waals surface area contributed by atoms with Crippen LogP contribution in [0.5, 0.6) is 11.5 Å². The minimum absolute atomic E-state index is 0.135. The van der Waals surface area contributed by atoms with E-state index in [0.717, 1.165) is 21.9 Å². The fourth-order valence-corrected chi connectivity index (χ4v) is 3.40. The van der Waals surface area contributed by atoms with Crippen LogP contribution in [0.15, 0.2) is 79.0 Å². The predicted molar refractivity (Wildman–Crippen MR) is 103 cm³/mol. The van der Waals surface area contributed by atoms with E-state index in [4.69, 9.17) is 9.47 Å². The largest absolute Gasteiger partial charge is 0.454 e. The van der Waals surface area contributed by atoms with Gasteiger partial charge in [0.15, 0.2) is 11.5 Å². The fraction of sp³-hybridized carbons (Fsp3) is 0.0435. The van der Waals surface area contributed by atoms with E-state index in [9.17, 15) is 4.79 Å². The number of ether oxygens (including phenoxy) is 2. The predicted octanol–water partition coefficient (Wildman–Crippen LogP) is 4.86. The smallest absolute Gasteiger partial charge is 0.231 e. The highest BCUT2D eigenvalue weighted by molar-refractivity contribution is 6.16. The second-order valence-electron chi connectivity index (χ2n) is 6.33. The molecule has 130 valence electrons. The van der Waals surface area contributed by atoms with Crippen LogP contribution in [0.25, 0.3) is 21.9 Å². The van der Waals surface area contributed by atoms with Gasteiger partial charge < -0.3 is 9.47 Å². The number of nitrogens with zero attached hydrogens (tertiary/aromatic N) is 1. The first-order chi connectivity index (χ1) is 13.3. The number of fused-ring (bicyclic) bond motifs is 2. The molecular formula is C23H15NO3. The number of hydrogen-bond donors (Lipinski definition) is 0. The van der Waals surface area contributed by atoms with Crippen molar-refractivity contribution in [1.82, 2.24) is 4.98 Å². The van der Waals surface area contributed by atoms with E-state index in [1.54, 1.807) is 24.4 Å². The molecule has 0 amide bonds. The SMILES string of the molecule is O=C(c1ccc2c(c1)OCO2)c1ncc(-c2ccccc2)c2ccccc12. The molecule has 0 fully saturated rings. The molecular weight excluding hydrogens is 338 g/mol. The molecule has 3 aromatic carbocycles. The molecule has 2 heterocycles. The number of ketones is 1. The van der Waals surface area contributed by atoms with Gasteiger partial charge >= 0.3 is 0 Å². The van der Waals surface area contributed by atoms with Gasteiger partial charge in [0.25, 0.3) is 0 Å². The molecule has 0 atom stereocenters. The first-order valence-electron chi connectivity index (χ1n) is 8.69. The molecule has 0 spiro atoms. The van der Waals surface area contributed by atoms with Crippen LogP contribution in [-0.4, -0.2) is 17.6 Å². The Hall–Kier alpha value is -3.66. The Morgan fingerprint density at radius 1 is 0.815 bits per heavy atom. The van der Waals surface area contributed by atoms with Crippen LogP contribution in [0, 0.1) is 0 Å². The van der Waals surface area contributed by atoms with Gasteiger partial charge in [0.05, 0.1) is 0 Å². The Labute approximate surface area is 156 Å². The minimum Gasteiger partial charge on any atom is -0.454 e. The Kier molecular flexibility index (Phi) is 3.61. The molecule has 5 rings (SSSR count). The second kappa shape index (κ2) is 6.25. The standard InChI is InChI=1S/C23H15NO3/c25-23(16-10-11-20-21(12-16)27-14-26-20)22-18-9-5-4-8-17(18)19(13-24-22)15-6-2-1-3-7-15/h1-13H,14H2. The van der Waals surface area contributed by atoms with E-state index in [2.05, 4.69) is 4.98 Å². The zero-order valence-corrected chi connectivity index (χ0v) is 14.4. The maximum absolute atomic E-state index is 13.1. The summed E-state index contributed by atoms with van der Waals surface area (Å²) in [6.07, 6.45) is 1.78. The molecule has 0 N–H and O–H groups in total. The Balaban J connectivity index is 1.65. The maximum Gasteiger partial charge on any atom is 0.231 e. The third kappa shape index (κ3) is 2.62. The van der Waals surface area contributed by atoms with Gasteiger partial charge in [-0.1, -0.05) is 54.6 Å². The Morgan fingerprint density at radius 3 is 2.41 bits per heavy atom. The van der Waals surface area contributed by atoms with Gasteiger partial charge in [-0.2, -0.15) is 0 Å². The minimum atomic E-state index is -0.135. The monoisotopic (exact) mass is 353 g/mol. The van der Waals surface area contributed by atoms with E-state index in [1.165, 1.54) is 0 Å². The van der Waals surface area contributed by atoms with Gasteiger partial charge in [0.1, 0.15) is 5.69 Å². The summed E-state index contributed by atoms with van der Waals surface area (Å²) >= 11 is 0. The molecule has 0 radical (unpaired) electrons. The van der Waals surface area contributed by atoms with Gasteiger partial charge in [-0.15, -0.1) is 0 Å². The van der Waals surface area contributed by atoms with Crippen LogP contribution in [0.2, 0.25) is 0 Å². The molecule has 4 aromatic rings. The number of carbonyl (C=O) groups excluding carboxylic acids is 1. The summed E-state index contributed by atoms with van der Waals surface area (Å²) in [5, 5.41) is 1.84. The number of carbonyl (C=O) groups is 1. The van der Waals surface area contributed by atoms with Crippen LogP contribution in [0.4, 0.5) is 0 Å². The lowest BCUT2D eigenvalue weighted by molar-refractivity contribution is 0.103. The van der Waals surface area contributed by atoms with Gasteiger partial charge in [0, 0.05) is 22.7 Å². The van der Waals surface area contributed by atoms with E-state index in [1.807, 2.05) is 54.6 Å². The van der Waals surface area contributed by atoms with Gasteiger partial charge in [-0.05, 0) is 29.1 Å². The highest BCUT2D eigenvalue weighted by Crippen LogP contribution is 2.34. The highest BCUT2D eigenvalue weighted by atomic mass is 16.7. The van der Waals surface area contributed by atoms with Gasteiger partial charge in [-0.25, -0.2) is 0 Å². The molecule has 0 bridgehead atoms. The average molecular weight is 353 g/mol. The molecule has 4 nitrogen and oxygen atoms in total. The molecule has 27 heavy (non-hydrogen) atoms. The van der Waals surface area contributed by atoms with Crippen molar-refractivity contribution < 1.29 is 14.3 Å². The highest BCUT2D eigenvalue weighted by Gasteiger charge is 2.20. The van der Waals surface area contributed by atoms with Gasteiger partial charge in [-0.3, -0.25) is 9.78 Å². The molecule has 0 saturated carbocycles. The maximum atomic E-state index is 13.1. The second-order valence-corrected chi connectivity index (χ2v) is 6.33. The first-order valence-corrected chi connectivity index (χ1v) is 8.69. The number of rotatable bonds is 3. The van der Waals surface area contributed by atoms with E-state index in [-0.39, 0.29) is 12.6 Å². The summed E-state index contributed by atoms with van der Waals surface area (Å²) in [5.74, 6) is 1.11. The van der Waals surface area contributed by atoms with Crippen molar-refractivity contribution in [2.45, 2.75) is 0 Å². The summed E-state index contributed by atoms with van der Waals surface area (Å²) in [7, 11) is 0. The number of aromatic nitrogens is 1. The van der Waals surface area contributed by atoms with Gasteiger partial charge in [0.2, 0.25) is 12.6 Å². The van der Waals surface area contributed by atoms with Crippen molar-refractivity contribution in [2.75, 3.05) is 6.79 Å². The van der Waals surface area contributed by atoms with Crippen LogP contribution in [0.3, 0.4) is 0 Å². The summed E-state index contributed by atoms with van der Waals surface area (Å²) in [5.41, 5.74) is 3.05. The lowest BCUT2D eigenvalue weighted by atomic mass is 9.96. The van der Waals surface area contributed by atoms with Crippen molar-refractivity contribution in [3.05, 3.63) is 90.3 Å². The molecule has 1 aliphatic rings. The third-order valence-corrected chi connectivity index (χ3v) is 4.73. The van der Waals surface area contributed by atoms with Crippen molar-refractivity contribution >= 4 is 16.6 Å². The summed E-state index contributed by atoms with van der Waals surface area (Å²) in [4.78, 5) is 17.7. The quantitative estimate of drug-likeness (QED) is 0.494. The van der Waals surface area contributed by atoms with E-state index < -0.39 is 0 Å². The topological polar surface area (TPSA) is 48.4 Å². The lowest BCUT2D eigenvalue weighted by Gasteiger charge is -2.10. The summed E-state index contributed by atoms with van der Waals surface area (Å²) in [6.45, 7) is 0.180. The normalized spacial score (nSPS) is 12.3. The molecule has 1 aliphatic heterocycles. The zero-order chi connectivity index (χ0) is 18.2. The lowest BCUT2D eigenvalue weighted by Crippen LogP contribution is -2.05. The van der Waals surface area contributed by atoms with Crippen LogP contribution in [0.1, 0.15) is 16.1 Å². The Morgan fingerprint density at radius 2 is 1.56 bits per heavy atom. The molecule has 0 aliphatic carbocycles. The van der Waals surface area contributed by atoms with Crippen molar-refractivity contribution in [3.63, 3.8) is 0 Å². The van der Waals surface area contributed by atoms with E-state index in [0.29, 0.717) is 22.8 Å². The number of benzene rings is 3. The molecule has 1 aromatic heterocycles. The van der Waals surface area contributed by atoms with Crippen molar-refractivity contribution in [3.8, 4) is 22.6 Å². The van der Waals surface area contributed by atoms with Crippen LogP contribution >= 0.6 is 0 Å². The zero-order valence-electron chi connectivity index (χ0n) is 14.4. The third-order valence-electron chi connectivity index (χ3n) is 4.73. The number of pyridine rings is 1. The van der Waals surface area contributed by atoms with Crippen LogP contribution in [-0.2, 0) is 0 Å². The molecule has 0 saturated heterocycles. The molecule has 0 unspecified atom stereocenters. The Bertz CT molecular complexity index is 1170.